The number of aliphatic hydroxyl groups is 2. The fraction of sp³-hybridized carbons (Fsp3) is 1.00. The van der Waals surface area contributed by atoms with Crippen molar-refractivity contribution in [2.75, 3.05) is 0 Å². The summed E-state index contributed by atoms with van der Waals surface area (Å²) in [6.07, 6.45) is 10.2. The summed E-state index contributed by atoms with van der Waals surface area (Å²) < 4.78 is 0. The van der Waals surface area contributed by atoms with Crippen molar-refractivity contribution in [1.82, 2.24) is 0 Å². The summed E-state index contributed by atoms with van der Waals surface area (Å²) in [5, 5.41) is 19.3. The second kappa shape index (κ2) is 5.31. The van der Waals surface area contributed by atoms with Gasteiger partial charge in [0.25, 0.3) is 0 Å². The molecule has 2 nitrogen and oxygen atoms in total. The van der Waals surface area contributed by atoms with Crippen LogP contribution < -0.4 is 0 Å². The lowest BCUT2D eigenvalue weighted by atomic mass is 9.76. The zero-order valence-corrected chi connectivity index (χ0v) is 9.57. The molecule has 2 unspecified atom stereocenters. The molecule has 0 aliphatic heterocycles. The first kappa shape index (κ1) is 11.4. The Morgan fingerprint density at radius 2 is 1.47 bits per heavy atom. The monoisotopic (exact) mass is 212 g/mol. The van der Waals surface area contributed by atoms with Crippen molar-refractivity contribution in [3.63, 3.8) is 0 Å². The molecule has 2 heteroatoms. The van der Waals surface area contributed by atoms with Gasteiger partial charge in [0.15, 0.2) is 0 Å². The highest BCUT2D eigenvalue weighted by Gasteiger charge is 2.28. The topological polar surface area (TPSA) is 40.5 Å². The zero-order chi connectivity index (χ0) is 10.7. The Balaban J connectivity index is 1.75. The highest BCUT2D eigenvalue weighted by Crippen LogP contribution is 2.35. The third-order valence-electron chi connectivity index (χ3n) is 4.32. The summed E-state index contributed by atoms with van der Waals surface area (Å²) in [6.45, 7) is 0. The Morgan fingerprint density at radius 3 is 2.13 bits per heavy atom. The Labute approximate surface area is 92.7 Å². The largest absolute Gasteiger partial charge is 0.393 e. The summed E-state index contributed by atoms with van der Waals surface area (Å²) >= 11 is 0. The van der Waals surface area contributed by atoms with Crippen LogP contribution in [-0.2, 0) is 0 Å². The maximum Gasteiger partial charge on any atom is 0.0568 e. The van der Waals surface area contributed by atoms with E-state index in [2.05, 4.69) is 0 Å². The van der Waals surface area contributed by atoms with Gasteiger partial charge >= 0.3 is 0 Å². The number of rotatable bonds is 2. The van der Waals surface area contributed by atoms with Gasteiger partial charge in [-0.05, 0) is 56.8 Å². The van der Waals surface area contributed by atoms with Gasteiger partial charge in [0.05, 0.1) is 12.2 Å². The standard InChI is InChI=1S/C13H24O2/c14-12-7-5-10(6-8-12)9-11-3-1-2-4-13(11)15/h10-15H,1-9H2. The van der Waals surface area contributed by atoms with Crippen LogP contribution in [0.2, 0.25) is 0 Å². The maximum atomic E-state index is 9.90. The Bertz CT molecular complexity index is 185. The van der Waals surface area contributed by atoms with Gasteiger partial charge < -0.3 is 10.2 Å². The van der Waals surface area contributed by atoms with E-state index in [1.807, 2.05) is 0 Å². The van der Waals surface area contributed by atoms with Crippen LogP contribution in [0.4, 0.5) is 0 Å². The SMILES string of the molecule is OC1CCC(CC2CCCCC2O)CC1. The van der Waals surface area contributed by atoms with Gasteiger partial charge in [0, 0.05) is 0 Å². The average Bonchev–Trinajstić information content (AvgIpc) is 2.25. The van der Waals surface area contributed by atoms with Gasteiger partial charge in [0.2, 0.25) is 0 Å². The van der Waals surface area contributed by atoms with Gasteiger partial charge in [-0.25, -0.2) is 0 Å². The first-order valence-electron chi connectivity index (χ1n) is 6.62. The molecule has 0 amide bonds. The third kappa shape index (κ3) is 3.18. The van der Waals surface area contributed by atoms with E-state index in [0.29, 0.717) is 5.92 Å². The third-order valence-corrected chi connectivity index (χ3v) is 4.32. The molecular formula is C13H24O2. The Kier molecular flexibility index (Phi) is 4.04. The molecule has 2 aliphatic rings. The molecule has 0 radical (unpaired) electrons. The van der Waals surface area contributed by atoms with E-state index in [0.717, 1.165) is 25.2 Å². The number of aliphatic hydroxyl groups excluding tert-OH is 2. The average molecular weight is 212 g/mol. The van der Waals surface area contributed by atoms with Crippen LogP contribution in [0.25, 0.3) is 0 Å². The predicted molar refractivity (Wildman–Crippen MR) is 60.5 cm³/mol. The lowest BCUT2D eigenvalue weighted by Crippen LogP contribution is -2.28. The molecule has 15 heavy (non-hydrogen) atoms. The van der Waals surface area contributed by atoms with E-state index in [1.54, 1.807) is 0 Å². The number of hydrogen-bond donors (Lipinski definition) is 2. The van der Waals surface area contributed by atoms with Crippen molar-refractivity contribution >= 4 is 0 Å². The lowest BCUT2D eigenvalue weighted by Gasteiger charge is -2.33. The van der Waals surface area contributed by atoms with Crippen LogP contribution in [0.15, 0.2) is 0 Å². The predicted octanol–water partition coefficient (Wildman–Crippen LogP) is 2.48. The van der Waals surface area contributed by atoms with E-state index < -0.39 is 0 Å². The van der Waals surface area contributed by atoms with Crippen molar-refractivity contribution < 1.29 is 10.2 Å². The second-order valence-electron chi connectivity index (χ2n) is 5.52. The first-order chi connectivity index (χ1) is 7.25. The molecule has 0 heterocycles. The molecule has 2 fully saturated rings. The molecular weight excluding hydrogens is 188 g/mol. The summed E-state index contributed by atoms with van der Waals surface area (Å²) in [7, 11) is 0. The fourth-order valence-corrected chi connectivity index (χ4v) is 3.27. The van der Waals surface area contributed by atoms with E-state index in [4.69, 9.17) is 0 Å². The van der Waals surface area contributed by atoms with Gasteiger partial charge in [-0.1, -0.05) is 12.8 Å². The van der Waals surface area contributed by atoms with Gasteiger partial charge in [-0.15, -0.1) is 0 Å². The summed E-state index contributed by atoms with van der Waals surface area (Å²) in [5.41, 5.74) is 0. The molecule has 88 valence electrons. The molecule has 0 aromatic carbocycles. The number of hydrogen-bond acceptors (Lipinski definition) is 2. The van der Waals surface area contributed by atoms with Crippen molar-refractivity contribution in [1.29, 1.82) is 0 Å². The maximum absolute atomic E-state index is 9.90. The molecule has 2 saturated carbocycles. The first-order valence-corrected chi connectivity index (χ1v) is 6.62. The van der Waals surface area contributed by atoms with Crippen molar-refractivity contribution in [3.05, 3.63) is 0 Å². The van der Waals surface area contributed by atoms with E-state index in [9.17, 15) is 10.2 Å². The minimum Gasteiger partial charge on any atom is -0.393 e. The van der Waals surface area contributed by atoms with Crippen LogP contribution in [0.3, 0.4) is 0 Å². The quantitative estimate of drug-likeness (QED) is 0.738. The Hall–Kier alpha value is -0.0800. The van der Waals surface area contributed by atoms with Gasteiger partial charge in [-0.2, -0.15) is 0 Å². The zero-order valence-electron chi connectivity index (χ0n) is 9.57. The van der Waals surface area contributed by atoms with Crippen LogP contribution in [-0.4, -0.2) is 22.4 Å². The second-order valence-corrected chi connectivity index (χ2v) is 5.52. The summed E-state index contributed by atoms with van der Waals surface area (Å²) in [4.78, 5) is 0. The molecule has 2 atom stereocenters. The highest BCUT2D eigenvalue weighted by atomic mass is 16.3. The van der Waals surface area contributed by atoms with Crippen LogP contribution in [0.1, 0.15) is 57.8 Å². The molecule has 2 rings (SSSR count). The van der Waals surface area contributed by atoms with Crippen LogP contribution >= 0.6 is 0 Å². The smallest absolute Gasteiger partial charge is 0.0568 e. The van der Waals surface area contributed by atoms with Crippen molar-refractivity contribution in [2.45, 2.75) is 70.0 Å². The molecule has 0 saturated heterocycles. The molecule has 0 bridgehead atoms. The lowest BCUT2D eigenvalue weighted by molar-refractivity contribution is 0.0419. The van der Waals surface area contributed by atoms with E-state index in [1.165, 1.54) is 38.5 Å². The molecule has 0 aromatic heterocycles. The highest BCUT2D eigenvalue weighted by molar-refractivity contribution is 4.80. The summed E-state index contributed by atoms with van der Waals surface area (Å²) in [6, 6.07) is 0. The van der Waals surface area contributed by atoms with E-state index >= 15 is 0 Å². The molecule has 2 aliphatic carbocycles. The van der Waals surface area contributed by atoms with Crippen molar-refractivity contribution in [3.8, 4) is 0 Å². The minimum absolute atomic E-state index is 0.0365. The minimum atomic E-state index is -0.0440. The fourth-order valence-electron chi connectivity index (χ4n) is 3.27. The molecule has 0 aromatic rings. The molecule has 0 spiro atoms. The van der Waals surface area contributed by atoms with E-state index in [-0.39, 0.29) is 12.2 Å². The van der Waals surface area contributed by atoms with Gasteiger partial charge in [-0.3, -0.25) is 0 Å². The van der Waals surface area contributed by atoms with Crippen molar-refractivity contribution in [2.24, 2.45) is 11.8 Å². The van der Waals surface area contributed by atoms with Crippen LogP contribution in [0.5, 0.6) is 0 Å². The van der Waals surface area contributed by atoms with Gasteiger partial charge in [0.1, 0.15) is 0 Å². The Morgan fingerprint density at radius 1 is 0.800 bits per heavy atom. The van der Waals surface area contributed by atoms with Crippen LogP contribution in [0, 0.1) is 11.8 Å². The molecule has 2 N–H and O–H groups in total. The normalized spacial score (nSPS) is 42.8. The summed E-state index contributed by atoms with van der Waals surface area (Å²) in [5.74, 6) is 1.32.